The molecule has 0 fully saturated rings. The van der Waals surface area contributed by atoms with Gasteiger partial charge in [0.05, 0.1) is 5.52 Å². The Morgan fingerprint density at radius 1 is 1.05 bits per heavy atom. The molecule has 0 bridgehead atoms. The molecule has 21 heavy (non-hydrogen) atoms. The lowest BCUT2D eigenvalue weighted by Gasteiger charge is -2.24. The van der Waals surface area contributed by atoms with Crippen LogP contribution in [0.2, 0.25) is 0 Å². The molecule has 1 atom stereocenters. The van der Waals surface area contributed by atoms with Gasteiger partial charge < -0.3 is 5.32 Å². The fraction of sp³-hybridized carbons (Fsp3) is 0.526. The highest BCUT2D eigenvalue weighted by Gasteiger charge is 2.17. The number of fused-ring (bicyclic) bond motifs is 1. The van der Waals surface area contributed by atoms with Crippen molar-refractivity contribution in [2.75, 3.05) is 6.54 Å². The van der Waals surface area contributed by atoms with Crippen molar-refractivity contribution < 1.29 is 0 Å². The van der Waals surface area contributed by atoms with Gasteiger partial charge in [0.15, 0.2) is 0 Å². The first kappa shape index (κ1) is 16.0. The van der Waals surface area contributed by atoms with Crippen molar-refractivity contribution >= 4 is 10.9 Å². The second-order valence-corrected chi connectivity index (χ2v) is 5.84. The van der Waals surface area contributed by atoms with E-state index in [1.807, 2.05) is 12.3 Å². The number of rotatable bonds is 8. The number of hydrogen-bond acceptors (Lipinski definition) is 2. The van der Waals surface area contributed by atoms with Crippen LogP contribution in [0.1, 0.15) is 58.1 Å². The van der Waals surface area contributed by atoms with Crippen LogP contribution in [-0.2, 0) is 0 Å². The largest absolute Gasteiger partial charge is 0.310 e. The van der Waals surface area contributed by atoms with Crippen LogP contribution in [-0.4, -0.2) is 11.5 Å². The minimum absolute atomic E-state index is 0.433. The van der Waals surface area contributed by atoms with Crippen molar-refractivity contribution in [1.29, 1.82) is 0 Å². The van der Waals surface area contributed by atoms with Gasteiger partial charge in [0.1, 0.15) is 0 Å². The molecule has 0 aliphatic carbocycles. The standard InChI is InChI=1S/C19H28N2/c1-4-12-20-19(14-15(5-2)6-3)17-9-7-11-18-16(17)10-8-13-21-18/h7-11,13,15,19-20H,4-6,12,14H2,1-3H3. The van der Waals surface area contributed by atoms with Crippen LogP contribution in [0.15, 0.2) is 36.5 Å². The van der Waals surface area contributed by atoms with E-state index in [1.54, 1.807) is 0 Å². The molecule has 1 N–H and O–H groups in total. The van der Waals surface area contributed by atoms with Crippen molar-refractivity contribution in [3.63, 3.8) is 0 Å². The Labute approximate surface area is 129 Å². The molecule has 1 aromatic carbocycles. The van der Waals surface area contributed by atoms with Crippen molar-refractivity contribution in [2.24, 2.45) is 5.92 Å². The molecule has 0 aliphatic heterocycles. The molecule has 0 saturated heterocycles. The molecule has 0 amide bonds. The average Bonchev–Trinajstić information content (AvgIpc) is 2.55. The van der Waals surface area contributed by atoms with Gasteiger partial charge in [0.2, 0.25) is 0 Å². The van der Waals surface area contributed by atoms with Crippen LogP contribution in [0.4, 0.5) is 0 Å². The Morgan fingerprint density at radius 3 is 2.57 bits per heavy atom. The second-order valence-electron chi connectivity index (χ2n) is 5.84. The lowest BCUT2D eigenvalue weighted by Crippen LogP contribution is -2.24. The maximum Gasteiger partial charge on any atom is 0.0705 e. The van der Waals surface area contributed by atoms with Crippen LogP contribution in [0.3, 0.4) is 0 Å². The number of nitrogens with one attached hydrogen (secondary N) is 1. The summed E-state index contributed by atoms with van der Waals surface area (Å²) in [5.74, 6) is 0.784. The van der Waals surface area contributed by atoms with E-state index in [0.717, 1.165) is 18.0 Å². The van der Waals surface area contributed by atoms with Crippen LogP contribution < -0.4 is 5.32 Å². The molecule has 1 heterocycles. The van der Waals surface area contributed by atoms with Gasteiger partial charge in [-0.05, 0) is 43.0 Å². The molecular weight excluding hydrogens is 256 g/mol. The number of benzene rings is 1. The van der Waals surface area contributed by atoms with Gasteiger partial charge in [0.25, 0.3) is 0 Å². The molecule has 0 spiro atoms. The van der Waals surface area contributed by atoms with E-state index in [2.05, 4.69) is 55.3 Å². The smallest absolute Gasteiger partial charge is 0.0705 e. The van der Waals surface area contributed by atoms with E-state index in [0.29, 0.717) is 6.04 Å². The van der Waals surface area contributed by atoms with Gasteiger partial charge >= 0.3 is 0 Å². The van der Waals surface area contributed by atoms with E-state index in [1.165, 1.54) is 36.6 Å². The highest BCUT2D eigenvalue weighted by Crippen LogP contribution is 2.29. The summed E-state index contributed by atoms with van der Waals surface area (Å²) < 4.78 is 0. The van der Waals surface area contributed by atoms with Gasteiger partial charge in [-0.15, -0.1) is 0 Å². The predicted molar refractivity (Wildman–Crippen MR) is 91.5 cm³/mol. The molecule has 0 saturated carbocycles. The van der Waals surface area contributed by atoms with Crippen LogP contribution in [0.5, 0.6) is 0 Å². The molecule has 114 valence electrons. The lowest BCUT2D eigenvalue weighted by molar-refractivity contribution is 0.373. The molecule has 0 aliphatic rings. The van der Waals surface area contributed by atoms with Crippen molar-refractivity contribution in [1.82, 2.24) is 10.3 Å². The highest BCUT2D eigenvalue weighted by atomic mass is 14.9. The highest BCUT2D eigenvalue weighted by molar-refractivity contribution is 5.82. The van der Waals surface area contributed by atoms with Crippen molar-refractivity contribution in [3.05, 3.63) is 42.1 Å². The zero-order valence-corrected chi connectivity index (χ0v) is 13.6. The molecule has 2 aromatic rings. The van der Waals surface area contributed by atoms with Crippen molar-refractivity contribution in [3.8, 4) is 0 Å². The zero-order chi connectivity index (χ0) is 15.1. The SMILES string of the molecule is CCCNC(CC(CC)CC)c1cccc2ncccc12. The third-order valence-corrected chi connectivity index (χ3v) is 4.42. The van der Waals surface area contributed by atoms with Crippen LogP contribution >= 0.6 is 0 Å². The third kappa shape index (κ3) is 4.04. The van der Waals surface area contributed by atoms with E-state index in [4.69, 9.17) is 0 Å². The molecule has 2 nitrogen and oxygen atoms in total. The van der Waals surface area contributed by atoms with E-state index in [-0.39, 0.29) is 0 Å². The summed E-state index contributed by atoms with van der Waals surface area (Å²) in [7, 11) is 0. The van der Waals surface area contributed by atoms with Gasteiger partial charge in [-0.3, -0.25) is 4.98 Å². The number of nitrogens with zero attached hydrogens (tertiary/aromatic N) is 1. The molecule has 1 aromatic heterocycles. The fourth-order valence-corrected chi connectivity index (χ4v) is 3.03. The first-order chi connectivity index (χ1) is 10.3. The summed E-state index contributed by atoms with van der Waals surface area (Å²) in [6, 6.07) is 11.2. The normalized spacial score (nSPS) is 13.0. The Hall–Kier alpha value is -1.41. The molecule has 0 radical (unpaired) electrons. The van der Waals surface area contributed by atoms with Gasteiger partial charge in [-0.25, -0.2) is 0 Å². The van der Waals surface area contributed by atoms with Gasteiger partial charge in [-0.2, -0.15) is 0 Å². The maximum absolute atomic E-state index is 4.50. The molecule has 2 heteroatoms. The number of hydrogen-bond donors (Lipinski definition) is 1. The van der Waals surface area contributed by atoms with E-state index < -0.39 is 0 Å². The van der Waals surface area contributed by atoms with Crippen LogP contribution in [0.25, 0.3) is 10.9 Å². The topological polar surface area (TPSA) is 24.9 Å². The summed E-state index contributed by atoms with van der Waals surface area (Å²) >= 11 is 0. The average molecular weight is 284 g/mol. The summed E-state index contributed by atoms with van der Waals surface area (Å²) in [5, 5.41) is 5.04. The Bertz CT molecular complexity index is 541. The quantitative estimate of drug-likeness (QED) is 0.729. The summed E-state index contributed by atoms with van der Waals surface area (Å²) in [4.78, 5) is 4.50. The lowest BCUT2D eigenvalue weighted by atomic mass is 9.89. The van der Waals surface area contributed by atoms with Gasteiger partial charge in [-0.1, -0.05) is 51.8 Å². The summed E-state index contributed by atoms with van der Waals surface area (Å²) in [5.41, 5.74) is 2.50. The molecule has 1 unspecified atom stereocenters. The monoisotopic (exact) mass is 284 g/mol. The second kappa shape index (κ2) is 8.14. The van der Waals surface area contributed by atoms with Crippen molar-refractivity contribution in [2.45, 2.75) is 52.5 Å². The fourth-order valence-electron chi connectivity index (χ4n) is 3.03. The molecular formula is C19H28N2. The number of aromatic nitrogens is 1. The van der Waals surface area contributed by atoms with Crippen LogP contribution in [0, 0.1) is 5.92 Å². The maximum atomic E-state index is 4.50. The zero-order valence-electron chi connectivity index (χ0n) is 13.6. The first-order valence-electron chi connectivity index (χ1n) is 8.37. The molecule has 2 rings (SSSR count). The minimum Gasteiger partial charge on any atom is -0.310 e. The Kier molecular flexibility index (Phi) is 6.19. The predicted octanol–water partition coefficient (Wildman–Crippen LogP) is 5.10. The Balaban J connectivity index is 2.33. The van der Waals surface area contributed by atoms with E-state index in [9.17, 15) is 0 Å². The van der Waals surface area contributed by atoms with Gasteiger partial charge in [0, 0.05) is 17.6 Å². The Morgan fingerprint density at radius 2 is 1.86 bits per heavy atom. The van der Waals surface area contributed by atoms with E-state index >= 15 is 0 Å². The first-order valence-corrected chi connectivity index (χ1v) is 8.37. The minimum atomic E-state index is 0.433. The summed E-state index contributed by atoms with van der Waals surface area (Å²) in [6.07, 6.45) is 6.76. The third-order valence-electron chi connectivity index (χ3n) is 4.42. The number of pyridine rings is 1. The summed E-state index contributed by atoms with van der Waals surface area (Å²) in [6.45, 7) is 7.90.